The third-order valence-corrected chi connectivity index (χ3v) is 3.67. The largest absolute Gasteiger partial charge is 0.481 e. The molecule has 1 atom stereocenters. The maximum atomic E-state index is 11.5. The van der Waals surface area contributed by atoms with Crippen LogP contribution in [0.3, 0.4) is 0 Å². The molecule has 0 spiro atoms. The molecule has 1 unspecified atom stereocenters. The van der Waals surface area contributed by atoms with Gasteiger partial charge in [-0.1, -0.05) is 15.9 Å². The highest BCUT2D eigenvalue weighted by Gasteiger charge is 2.26. The Labute approximate surface area is 119 Å². The highest BCUT2D eigenvalue weighted by atomic mass is 79.9. The molecule has 1 saturated heterocycles. The number of hydrogen-bond donors (Lipinski definition) is 2. The monoisotopic (exact) mass is 326 g/mol. The number of aliphatic carboxylic acids is 1. The highest BCUT2D eigenvalue weighted by molar-refractivity contribution is 9.10. The van der Waals surface area contributed by atoms with E-state index in [-0.39, 0.29) is 24.9 Å². The van der Waals surface area contributed by atoms with Crippen LogP contribution in [0.1, 0.15) is 12.8 Å². The third kappa shape index (κ3) is 3.70. The van der Waals surface area contributed by atoms with Gasteiger partial charge in [-0.2, -0.15) is 0 Å². The Morgan fingerprint density at radius 3 is 2.74 bits per heavy atom. The molecule has 0 radical (unpaired) electrons. The van der Waals surface area contributed by atoms with Crippen LogP contribution in [0, 0.1) is 0 Å². The van der Waals surface area contributed by atoms with Crippen LogP contribution in [0.25, 0.3) is 0 Å². The van der Waals surface area contributed by atoms with Crippen LogP contribution in [0.4, 0.5) is 5.69 Å². The van der Waals surface area contributed by atoms with Gasteiger partial charge in [-0.3, -0.25) is 9.59 Å². The van der Waals surface area contributed by atoms with Crippen LogP contribution in [0.5, 0.6) is 0 Å². The number of halogens is 1. The summed E-state index contributed by atoms with van der Waals surface area (Å²) in [6, 6.07) is 7.70. The van der Waals surface area contributed by atoms with E-state index in [9.17, 15) is 9.59 Å². The van der Waals surface area contributed by atoms with Gasteiger partial charge in [0.2, 0.25) is 5.91 Å². The van der Waals surface area contributed by atoms with Gasteiger partial charge in [0, 0.05) is 29.2 Å². The lowest BCUT2D eigenvalue weighted by atomic mass is 10.1. The van der Waals surface area contributed by atoms with Gasteiger partial charge in [-0.25, -0.2) is 0 Å². The molecule has 0 bridgehead atoms. The first-order valence-corrected chi connectivity index (χ1v) is 6.86. The molecule has 1 aliphatic heterocycles. The zero-order valence-corrected chi connectivity index (χ0v) is 11.9. The lowest BCUT2D eigenvalue weighted by Crippen LogP contribution is -2.54. The predicted octanol–water partition coefficient (Wildman–Crippen LogP) is 1.62. The summed E-state index contributed by atoms with van der Waals surface area (Å²) in [6.45, 7) is 0.758. The van der Waals surface area contributed by atoms with Gasteiger partial charge in [0.05, 0.1) is 6.54 Å². The zero-order valence-electron chi connectivity index (χ0n) is 10.3. The summed E-state index contributed by atoms with van der Waals surface area (Å²) in [5.74, 6) is -0.845. The van der Waals surface area contributed by atoms with Gasteiger partial charge < -0.3 is 15.3 Å². The Kier molecular flexibility index (Phi) is 4.42. The van der Waals surface area contributed by atoms with Gasteiger partial charge in [-0.05, 0) is 30.7 Å². The van der Waals surface area contributed by atoms with E-state index in [1.807, 2.05) is 29.2 Å². The van der Waals surface area contributed by atoms with Crippen molar-refractivity contribution in [1.82, 2.24) is 5.32 Å². The highest BCUT2D eigenvalue weighted by Crippen LogP contribution is 2.23. The fourth-order valence-electron chi connectivity index (χ4n) is 2.16. The van der Waals surface area contributed by atoms with Gasteiger partial charge in [0.25, 0.3) is 0 Å². The average Bonchev–Trinajstić information content (AvgIpc) is 2.38. The smallest absolute Gasteiger partial charge is 0.303 e. The number of piperazine rings is 1. The summed E-state index contributed by atoms with van der Waals surface area (Å²) in [4.78, 5) is 24.2. The number of amides is 1. The van der Waals surface area contributed by atoms with E-state index >= 15 is 0 Å². The lowest BCUT2D eigenvalue weighted by molar-refractivity contribution is -0.137. The van der Waals surface area contributed by atoms with Gasteiger partial charge in [-0.15, -0.1) is 0 Å². The maximum absolute atomic E-state index is 11.5. The van der Waals surface area contributed by atoms with Crippen LogP contribution in [0.15, 0.2) is 28.7 Å². The van der Waals surface area contributed by atoms with Crippen molar-refractivity contribution in [3.8, 4) is 0 Å². The minimum atomic E-state index is -0.812. The molecule has 5 nitrogen and oxygen atoms in total. The van der Waals surface area contributed by atoms with Crippen LogP contribution in [-0.4, -0.2) is 36.1 Å². The van der Waals surface area contributed by atoms with Crippen molar-refractivity contribution in [3.63, 3.8) is 0 Å². The van der Waals surface area contributed by atoms with E-state index in [4.69, 9.17) is 5.11 Å². The van der Waals surface area contributed by atoms with Crippen LogP contribution >= 0.6 is 15.9 Å². The first kappa shape index (κ1) is 13.9. The van der Waals surface area contributed by atoms with E-state index in [2.05, 4.69) is 21.2 Å². The van der Waals surface area contributed by atoms with Crippen molar-refractivity contribution in [2.24, 2.45) is 0 Å². The second-order valence-electron chi connectivity index (χ2n) is 4.49. The van der Waals surface area contributed by atoms with Gasteiger partial charge >= 0.3 is 5.97 Å². The molecule has 1 amide bonds. The molecule has 1 aliphatic rings. The zero-order chi connectivity index (χ0) is 13.8. The van der Waals surface area contributed by atoms with E-state index in [1.165, 1.54) is 0 Å². The van der Waals surface area contributed by atoms with E-state index < -0.39 is 5.97 Å². The molecule has 0 aromatic heterocycles. The normalized spacial score (nSPS) is 19.1. The Balaban J connectivity index is 2.13. The Bertz CT molecular complexity index is 475. The second kappa shape index (κ2) is 6.06. The number of carbonyl (C=O) groups excluding carboxylic acids is 1. The number of carboxylic acid groups (broad SMARTS) is 1. The molecule has 6 heteroatoms. The molecule has 2 N–H and O–H groups in total. The number of carbonyl (C=O) groups is 2. The van der Waals surface area contributed by atoms with Crippen molar-refractivity contribution < 1.29 is 14.7 Å². The van der Waals surface area contributed by atoms with E-state index in [1.54, 1.807) is 0 Å². The van der Waals surface area contributed by atoms with Crippen molar-refractivity contribution in [3.05, 3.63) is 28.7 Å². The Morgan fingerprint density at radius 1 is 1.42 bits per heavy atom. The molecule has 19 heavy (non-hydrogen) atoms. The van der Waals surface area contributed by atoms with Gasteiger partial charge in [0.15, 0.2) is 0 Å². The number of hydrogen-bond acceptors (Lipinski definition) is 3. The first-order valence-electron chi connectivity index (χ1n) is 6.07. The van der Waals surface area contributed by atoms with Crippen molar-refractivity contribution in [2.45, 2.75) is 18.9 Å². The van der Waals surface area contributed by atoms with Crippen molar-refractivity contribution in [1.29, 1.82) is 0 Å². The first-order chi connectivity index (χ1) is 9.06. The fourth-order valence-corrected chi connectivity index (χ4v) is 2.43. The summed E-state index contributed by atoms with van der Waals surface area (Å²) in [6.07, 6.45) is 0.624. The minimum Gasteiger partial charge on any atom is -0.481 e. The number of rotatable bonds is 4. The topological polar surface area (TPSA) is 69.6 Å². The number of nitrogens with zero attached hydrogens (tertiary/aromatic N) is 1. The van der Waals surface area contributed by atoms with E-state index in [0.29, 0.717) is 13.0 Å². The summed E-state index contributed by atoms with van der Waals surface area (Å²) >= 11 is 3.37. The Morgan fingerprint density at radius 2 is 2.11 bits per heavy atom. The molecule has 102 valence electrons. The molecule has 1 aromatic carbocycles. The van der Waals surface area contributed by atoms with Crippen molar-refractivity contribution >= 4 is 33.5 Å². The molecule has 1 aromatic rings. The number of nitrogens with one attached hydrogen (secondary N) is 1. The van der Waals surface area contributed by atoms with E-state index in [0.717, 1.165) is 10.2 Å². The molecule has 1 fully saturated rings. The standard InChI is InChI=1S/C13H15BrN2O3/c14-9-1-3-10(4-2-9)16-8-12(17)15-7-11(16)5-6-13(18)19/h1-4,11H,5-8H2,(H,15,17)(H,18,19). The molecule has 0 aliphatic carbocycles. The summed E-state index contributed by atoms with van der Waals surface area (Å²) in [7, 11) is 0. The maximum Gasteiger partial charge on any atom is 0.303 e. The summed E-state index contributed by atoms with van der Waals surface area (Å²) in [5.41, 5.74) is 0.938. The SMILES string of the molecule is O=C(O)CCC1CNC(=O)CN1c1ccc(Br)cc1. The molecular weight excluding hydrogens is 312 g/mol. The number of anilines is 1. The average molecular weight is 327 g/mol. The van der Waals surface area contributed by atoms with Crippen molar-refractivity contribution in [2.75, 3.05) is 18.0 Å². The molecule has 2 rings (SSSR count). The summed E-state index contributed by atoms with van der Waals surface area (Å²) in [5, 5.41) is 11.6. The second-order valence-corrected chi connectivity index (χ2v) is 5.41. The quantitative estimate of drug-likeness (QED) is 0.882. The summed E-state index contributed by atoms with van der Waals surface area (Å²) < 4.78 is 0.972. The van der Waals surface area contributed by atoms with Crippen LogP contribution < -0.4 is 10.2 Å². The molecule has 1 heterocycles. The molecular formula is C13H15BrN2O3. The third-order valence-electron chi connectivity index (χ3n) is 3.14. The van der Waals surface area contributed by atoms with Crippen LogP contribution in [0.2, 0.25) is 0 Å². The predicted molar refractivity (Wildman–Crippen MR) is 75.2 cm³/mol. The molecule has 0 saturated carbocycles. The Hall–Kier alpha value is -1.56. The number of carboxylic acids is 1. The van der Waals surface area contributed by atoms with Crippen LogP contribution in [-0.2, 0) is 9.59 Å². The lowest BCUT2D eigenvalue weighted by Gasteiger charge is -2.37. The fraction of sp³-hybridized carbons (Fsp3) is 0.385. The van der Waals surface area contributed by atoms with Gasteiger partial charge in [0.1, 0.15) is 0 Å². The minimum absolute atomic E-state index is 0.0231. The number of benzene rings is 1.